The molecule has 0 aliphatic carbocycles. The van der Waals surface area contributed by atoms with Crippen LogP contribution in [0.2, 0.25) is 0 Å². The van der Waals surface area contributed by atoms with Crippen LogP contribution in [0.3, 0.4) is 0 Å². The van der Waals surface area contributed by atoms with Gasteiger partial charge in [0.1, 0.15) is 23.2 Å². The number of aromatic nitrogens is 1. The van der Waals surface area contributed by atoms with Crippen LogP contribution in [-0.4, -0.2) is 43.0 Å². The highest BCUT2D eigenvalue weighted by Gasteiger charge is 2.25. The molecule has 0 saturated carbocycles. The topological polar surface area (TPSA) is 119 Å². The molecular weight excluding hydrogens is 376 g/mol. The normalized spacial score (nSPS) is 11.3. The number of hydrogen-bond donors (Lipinski definition) is 3. The predicted octanol–water partition coefficient (Wildman–Crippen LogP) is 1.31. The van der Waals surface area contributed by atoms with Crippen molar-refractivity contribution in [3.63, 3.8) is 0 Å². The molecule has 3 amide bonds. The smallest absolute Gasteiger partial charge is 0.288 e. The largest absolute Gasteiger partial charge is 0.497 e. The summed E-state index contributed by atoms with van der Waals surface area (Å²) in [6, 6.07) is 8.67. The molecule has 1 atom stereocenters. The minimum absolute atomic E-state index is 0.154. The number of nitrogens with zero attached hydrogens (tertiary/aromatic N) is 1. The second-order valence-electron chi connectivity index (χ2n) is 6.45. The molecule has 0 bridgehead atoms. The number of pyridine rings is 1. The number of carbonyl (C=O) groups excluding carboxylic acids is 3. The van der Waals surface area contributed by atoms with E-state index in [0.717, 1.165) is 0 Å². The van der Waals surface area contributed by atoms with Crippen molar-refractivity contribution in [2.45, 2.75) is 19.9 Å². The molecule has 29 heavy (non-hydrogen) atoms. The Balaban J connectivity index is 2.06. The van der Waals surface area contributed by atoms with Gasteiger partial charge in [0.2, 0.25) is 0 Å². The number of methoxy groups -OCH3 is 2. The Morgan fingerprint density at radius 3 is 2.10 bits per heavy atom. The maximum atomic E-state index is 12.7. The molecule has 0 unspecified atom stereocenters. The average molecular weight is 400 g/mol. The first kappa shape index (κ1) is 21.7. The standard InChI is InChI=1S/C20H24N4O5/c1-12(2)17(20(27)24-23-19(26)16-7-5-6-8-21-16)22-18(25)13-9-14(28-3)11-15(10-13)29-4/h5-12,17H,1-4H3,(H,22,25)(H,23,26)(H,24,27)/t17-/m0/s1. The summed E-state index contributed by atoms with van der Waals surface area (Å²) in [6.07, 6.45) is 1.47. The summed E-state index contributed by atoms with van der Waals surface area (Å²) in [5, 5.41) is 2.67. The molecule has 2 rings (SSSR count). The van der Waals surface area contributed by atoms with Crippen LogP contribution in [0.15, 0.2) is 42.6 Å². The fourth-order valence-corrected chi connectivity index (χ4v) is 2.46. The maximum Gasteiger partial charge on any atom is 0.288 e. The molecular formula is C20H24N4O5. The number of rotatable bonds is 7. The summed E-state index contributed by atoms with van der Waals surface area (Å²) >= 11 is 0. The van der Waals surface area contributed by atoms with Gasteiger partial charge in [-0.05, 0) is 30.2 Å². The first-order chi connectivity index (χ1) is 13.8. The molecule has 0 aliphatic rings. The summed E-state index contributed by atoms with van der Waals surface area (Å²) in [5.74, 6) is -0.950. The number of carbonyl (C=O) groups is 3. The lowest BCUT2D eigenvalue weighted by molar-refractivity contribution is -0.124. The SMILES string of the molecule is COc1cc(OC)cc(C(=O)N[C@H](C(=O)NNC(=O)c2ccccn2)C(C)C)c1. The molecule has 9 nitrogen and oxygen atoms in total. The van der Waals surface area contributed by atoms with Crippen molar-refractivity contribution in [1.29, 1.82) is 0 Å². The second kappa shape index (κ2) is 10.1. The number of amides is 3. The van der Waals surface area contributed by atoms with Crippen LogP contribution in [-0.2, 0) is 4.79 Å². The van der Waals surface area contributed by atoms with E-state index in [1.54, 1.807) is 32.0 Å². The van der Waals surface area contributed by atoms with E-state index in [1.165, 1.54) is 38.6 Å². The van der Waals surface area contributed by atoms with Crippen molar-refractivity contribution < 1.29 is 23.9 Å². The van der Waals surface area contributed by atoms with Crippen molar-refractivity contribution >= 4 is 17.7 Å². The molecule has 0 fully saturated rings. The molecule has 1 aromatic heterocycles. The highest BCUT2D eigenvalue weighted by atomic mass is 16.5. The van der Waals surface area contributed by atoms with Gasteiger partial charge in [-0.25, -0.2) is 0 Å². The number of ether oxygens (including phenoxy) is 2. The Kier molecular flexibility index (Phi) is 7.53. The molecule has 0 saturated heterocycles. The Bertz CT molecular complexity index is 848. The van der Waals surface area contributed by atoms with Gasteiger partial charge in [0.15, 0.2) is 0 Å². The van der Waals surface area contributed by atoms with E-state index in [0.29, 0.717) is 11.5 Å². The zero-order valence-electron chi connectivity index (χ0n) is 16.7. The molecule has 0 spiro atoms. The van der Waals surface area contributed by atoms with Crippen molar-refractivity contribution in [2.75, 3.05) is 14.2 Å². The Morgan fingerprint density at radius 1 is 0.931 bits per heavy atom. The zero-order valence-corrected chi connectivity index (χ0v) is 16.7. The van der Waals surface area contributed by atoms with Crippen molar-refractivity contribution in [2.24, 2.45) is 5.92 Å². The van der Waals surface area contributed by atoms with Crippen LogP contribution in [0.25, 0.3) is 0 Å². The highest BCUT2D eigenvalue weighted by molar-refractivity contribution is 5.99. The molecule has 1 aromatic carbocycles. The van der Waals surface area contributed by atoms with E-state index >= 15 is 0 Å². The van der Waals surface area contributed by atoms with E-state index in [4.69, 9.17) is 9.47 Å². The minimum atomic E-state index is -0.885. The van der Waals surface area contributed by atoms with E-state index in [9.17, 15) is 14.4 Å². The number of nitrogens with one attached hydrogen (secondary N) is 3. The van der Waals surface area contributed by atoms with Crippen LogP contribution < -0.4 is 25.6 Å². The zero-order chi connectivity index (χ0) is 21.4. The fraction of sp³-hybridized carbons (Fsp3) is 0.300. The number of benzene rings is 1. The molecule has 0 aliphatic heterocycles. The van der Waals surface area contributed by atoms with E-state index in [-0.39, 0.29) is 17.2 Å². The average Bonchev–Trinajstić information content (AvgIpc) is 2.75. The molecule has 154 valence electrons. The first-order valence-corrected chi connectivity index (χ1v) is 8.91. The Labute approximate surface area is 168 Å². The summed E-state index contributed by atoms with van der Waals surface area (Å²) in [7, 11) is 2.95. The lowest BCUT2D eigenvalue weighted by Gasteiger charge is -2.22. The third-order valence-corrected chi connectivity index (χ3v) is 4.05. The Hall–Kier alpha value is -3.62. The van der Waals surface area contributed by atoms with Gasteiger partial charge in [-0.2, -0.15) is 0 Å². The highest BCUT2D eigenvalue weighted by Crippen LogP contribution is 2.22. The molecule has 3 N–H and O–H groups in total. The van der Waals surface area contributed by atoms with Crippen molar-refractivity contribution in [1.82, 2.24) is 21.2 Å². The van der Waals surface area contributed by atoms with Gasteiger partial charge < -0.3 is 14.8 Å². The Morgan fingerprint density at radius 2 is 1.59 bits per heavy atom. The summed E-state index contributed by atoms with van der Waals surface area (Å²) in [6.45, 7) is 3.55. The number of hydrogen-bond acceptors (Lipinski definition) is 6. The van der Waals surface area contributed by atoms with Gasteiger partial charge in [0, 0.05) is 17.8 Å². The van der Waals surface area contributed by atoms with Crippen LogP contribution in [0.5, 0.6) is 11.5 Å². The van der Waals surface area contributed by atoms with Crippen molar-refractivity contribution in [3.05, 3.63) is 53.9 Å². The van der Waals surface area contributed by atoms with Gasteiger partial charge in [-0.15, -0.1) is 0 Å². The molecule has 1 heterocycles. The summed E-state index contributed by atoms with van der Waals surface area (Å²) in [4.78, 5) is 41.1. The van der Waals surface area contributed by atoms with Crippen LogP contribution in [0, 0.1) is 5.92 Å². The fourth-order valence-electron chi connectivity index (χ4n) is 2.46. The third kappa shape index (κ3) is 5.93. The predicted molar refractivity (Wildman–Crippen MR) is 105 cm³/mol. The van der Waals surface area contributed by atoms with E-state index < -0.39 is 23.8 Å². The molecule has 0 radical (unpaired) electrons. The van der Waals surface area contributed by atoms with Gasteiger partial charge in [-0.1, -0.05) is 19.9 Å². The van der Waals surface area contributed by atoms with Gasteiger partial charge in [-0.3, -0.25) is 30.2 Å². The lowest BCUT2D eigenvalue weighted by atomic mass is 10.0. The molecule has 9 heteroatoms. The molecule has 2 aromatic rings. The van der Waals surface area contributed by atoms with Gasteiger partial charge >= 0.3 is 0 Å². The van der Waals surface area contributed by atoms with Crippen molar-refractivity contribution in [3.8, 4) is 11.5 Å². The van der Waals surface area contributed by atoms with Gasteiger partial charge in [0.25, 0.3) is 17.7 Å². The first-order valence-electron chi connectivity index (χ1n) is 8.91. The summed E-state index contributed by atoms with van der Waals surface area (Å²) < 4.78 is 10.3. The van der Waals surface area contributed by atoms with Crippen LogP contribution in [0.4, 0.5) is 0 Å². The van der Waals surface area contributed by atoms with E-state index in [2.05, 4.69) is 21.2 Å². The quantitative estimate of drug-likeness (QED) is 0.603. The lowest BCUT2D eigenvalue weighted by Crippen LogP contribution is -2.54. The van der Waals surface area contributed by atoms with Crippen LogP contribution >= 0.6 is 0 Å². The number of hydrazine groups is 1. The van der Waals surface area contributed by atoms with E-state index in [1.807, 2.05) is 0 Å². The monoisotopic (exact) mass is 400 g/mol. The van der Waals surface area contributed by atoms with Gasteiger partial charge in [0.05, 0.1) is 14.2 Å². The van der Waals surface area contributed by atoms with Crippen LogP contribution in [0.1, 0.15) is 34.7 Å². The summed E-state index contributed by atoms with van der Waals surface area (Å²) in [5.41, 5.74) is 5.04. The second-order valence-corrected chi connectivity index (χ2v) is 6.45. The third-order valence-electron chi connectivity index (χ3n) is 4.05. The maximum absolute atomic E-state index is 12.7. The minimum Gasteiger partial charge on any atom is -0.497 e.